The van der Waals surface area contributed by atoms with E-state index in [0.717, 1.165) is 19.6 Å². The summed E-state index contributed by atoms with van der Waals surface area (Å²) in [7, 11) is 0. The second kappa shape index (κ2) is 5.98. The van der Waals surface area contributed by atoms with Gasteiger partial charge in [-0.15, -0.1) is 0 Å². The lowest BCUT2D eigenvalue weighted by Crippen LogP contribution is -2.20. The Morgan fingerprint density at radius 1 is 1.33 bits per heavy atom. The molecule has 1 atom stereocenters. The highest BCUT2D eigenvalue weighted by molar-refractivity contribution is 9.09. The summed E-state index contributed by atoms with van der Waals surface area (Å²) in [4.78, 5) is 0.602. The van der Waals surface area contributed by atoms with E-state index in [4.69, 9.17) is 4.74 Å². The Morgan fingerprint density at radius 2 is 1.92 bits per heavy atom. The van der Waals surface area contributed by atoms with Crippen LogP contribution in [0.2, 0.25) is 0 Å². The Morgan fingerprint density at radius 3 is 2.33 bits per heavy atom. The molecule has 0 saturated heterocycles. The minimum absolute atomic E-state index is 0.367. The van der Waals surface area contributed by atoms with Crippen molar-refractivity contribution in [3.8, 4) is 0 Å². The normalized spacial score (nSPS) is 14.8. The van der Waals surface area contributed by atoms with Crippen LogP contribution in [0.3, 0.4) is 0 Å². The molecule has 0 aromatic rings. The summed E-state index contributed by atoms with van der Waals surface area (Å²) >= 11 is 3.69. The molecule has 0 radical (unpaired) electrons. The summed E-state index contributed by atoms with van der Waals surface area (Å²) in [6, 6.07) is 0. The third-order valence-corrected chi connectivity index (χ3v) is 3.72. The molecule has 12 heavy (non-hydrogen) atoms. The molecular weight excluding hydrogens is 216 g/mol. The first-order valence-electron chi connectivity index (χ1n) is 4.70. The number of halogens is 1. The Labute approximate surface area is 85.0 Å². The van der Waals surface area contributed by atoms with Gasteiger partial charge in [0.2, 0.25) is 0 Å². The summed E-state index contributed by atoms with van der Waals surface area (Å²) in [6.07, 6.45) is 2.35. The van der Waals surface area contributed by atoms with Crippen LogP contribution in [-0.4, -0.2) is 18.0 Å². The third kappa shape index (κ3) is 6.01. The van der Waals surface area contributed by atoms with Crippen molar-refractivity contribution in [1.29, 1.82) is 0 Å². The van der Waals surface area contributed by atoms with Gasteiger partial charge in [-0.2, -0.15) is 0 Å². The lowest BCUT2D eigenvalue weighted by atomic mass is 9.90. The van der Waals surface area contributed by atoms with Gasteiger partial charge in [0.25, 0.3) is 0 Å². The molecule has 74 valence electrons. The van der Waals surface area contributed by atoms with Crippen LogP contribution >= 0.6 is 15.9 Å². The Balaban J connectivity index is 3.38. The van der Waals surface area contributed by atoms with Gasteiger partial charge in [0.15, 0.2) is 0 Å². The fourth-order valence-corrected chi connectivity index (χ4v) is 1.27. The van der Waals surface area contributed by atoms with Crippen molar-refractivity contribution in [3.05, 3.63) is 0 Å². The number of rotatable bonds is 5. The number of hydrogen-bond acceptors (Lipinski definition) is 1. The van der Waals surface area contributed by atoms with E-state index in [1.54, 1.807) is 0 Å². The Kier molecular flexibility index (Phi) is 6.20. The van der Waals surface area contributed by atoms with Crippen LogP contribution in [0.4, 0.5) is 0 Å². The van der Waals surface area contributed by atoms with Crippen molar-refractivity contribution in [3.63, 3.8) is 0 Å². The van der Waals surface area contributed by atoms with E-state index < -0.39 is 0 Å². The van der Waals surface area contributed by atoms with Crippen molar-refractivity contribution in [2.75, 3.05) is 13.2 Å². The zero-order chi connectivity index (χ0) is 9.61. The first kappa shape index (κ1) is 12.4. The first-order chi connectivity index (χ1) is 5.48. The monoisotopic (exact) mass is 236 g/mol. The maximum Gasteiger partial charge on any atom is 0.0466 e. The fraction of sp³-hybridized carbons (Fsp3) is 1.00. The van der Waals surface area contributed by atoms with Gasteiger partial charge in [-0.25, -0.2) is 0 Å². The van der Waals surface area contributed by atoms with Gasteiger partial charge in [0.1, 0.15) is 0 Å². The van der Waals surface area contributed by atoms with E-state index in [2.05, 4.69) is 36.7 Å². The number of hydrogen-bond donors (Lipinski definition) is 0. The van der Waals surface area contributed by atoms with Gasteiger partial charge >= 0.3 is 0 Å². The van der Waals surface area contributed by atoms with E-state index in [1.165, 1.54) is 6.42 Å². The minimum Gasteiger partial charge on any atom is -0.382 e. The average Bonchev–Trinajstić information content (AvgIpc) is 1.96. The van der Waals surface area contributed by atoms with Crippen LogP contribution in [0.1, 0.15) is 40.5 Å². The Hall–Kier alpha value is 0.440. The Bertz CT molecular complexity index is 107. The van der Waals surface area contributed by atoms with Gasteiger partial charge in [0.05, 0.1) is 0 Å². The van der Waals surface area contributed by atoms with Crippen LogP contribution in [0.25, 0.3) is 0 Å². The lowest BCUT2D eigenvalue weighted by molar-refractivity contribution is 0.141. The van der Waals surface area contributed by atoms with E-state index in [0.29, 0.717) is 10.2 Å². The molecule has 1 unspecified atom stereocenters. The van der Waals surface area contributed by atoms with Gasteiger partial charge < -0.3 is 4.74 Å². The third-order valence-electron chi connectivity index (χ3n) is 1.89. The molecule has 0 aliphatic rings. The first-order valence-corrected chi connectivity index (χ1v) is 5.62. The average molecular weight is 237 g/mol. The summed E-state index contributed by atoms with van der Waals surface area (Å²) in [5.74, 6) is 0. The second-order valence-electron chi connectivity index (χ2n) is 4.17. The van der Waals surface area contributed by atoms with Crippen LogP contribution in [0.15, 0.2) is 0 Å². The van der Waals surface area contributed by atoms with Crippen LogP contribution in [-0.2, 0) is 4.74 Å². The van der Waals surface area contributed by atoms with E-state index in [1.807, 2.05) is 6.92 Å². The molecule has 0 aromatic heterocycles. The molecule has 0 aromatic carbocycles. The van der Waals surface area contributed by atoms with Crippen molar-refractivity contribution in [2.24, 2.45) is 5.41 Å². The van der Waals surface area contributed by atoms with E-state index in [-0.39, 0.29) is 0 Å². The molecular formula is C10H21BrO. The molecule has 0 aliphatic heterocycles. The molecule has 0 N–H and O–H groups in total. The van der Waals surface area contributed by atoms with Crippen LogP contribution in [0.5, 0.6) is 0 Å². The molecule has 0 rings (SSSR count). The van der Waals surface area contributed by atoms with Gasteiger partial charge in [-0.05, 0) is 25.2 Å². The van der Waals surface area contributed by atoms with Gasteiger partial charge in [-0.3, -0.25) is 0 Å². The molecule has 0 fully saturated rings. The smallest absolute Gasteiger partial charge is 0.0466 e. The summed E-state index contributed by atoms with van der Waals surface area (Å²) in [6.45, 7) is 10.5. The van der Waals surface area contributed by atoms with Crippen molar-refractivity contribution in [1.82, 2.24) is 0 Å². The maximum absolute atomic E-state index is 5.28. The molecule has 0 bridgehead atoms. The SMILES string of the molecule is CCOCCCC(Br)C(C)(C)C. The van der Waals surface area contributed by atoms with Gasteiger partial charge in [-0.1, -0.05) is 36.7 Å². The molecule has 0 spiro atoms. The standard InChI is InChI=1S/C10H21BrO/c1-5-12-8-6-7-9(11)10(2,3)4/h9H,5-8H2,1-4H3. The quantitative estimate of drug-likeness (QED) is 0.524. The maximum atomic E-state index is 5.28. The largest absolute Gasteiger partial charge is 0.382 e. The summed E-state index contributed by atoms with van der Waals surface area (Å²) in [5.41, 5.74) is 0.367. The highest BCUT2D eigenvalue weighted by atomic mass is 79.9. The molecule has 0 heterocycles. The molecule has 1 nitrogen and oxygen atoms in total. The highest BCUT2D eigenvalue weighted by Crippen LogP contribution is 2.29. The van der Waals surface area contributed by atoms with E-state index in [9.17, 15) is 0 Å². The predicted molar refractivity (Wildman–Crippen MR) is 57.9 cm³/mol. The zero-order valence-corrected chi connectivity index (χ0v) is 10.3. The number of alkyl halides is 1. The van der Waals surface area contributed by atoms with Crippen LogP contribution < -0.4 is 0 Å². The molecule has 0 aliphatic carbocycles. The summed E-state index contributed by atoms with van der Waals surface area (Å²) in [5, 5.41) is 0. The summed E-state index contributed by atoms with van der Waals surface area (Å²) < 4.78 is 5.28. The highest BCUT2D eigenvalue weighted by Gasteiger charge is 2.20. The van der Waals surface area contributed by atoms with E-state index >= 15 is 0 Å². The van der Waals surface area contributed by atoms with Crippen molar-refractivity contribution >= 4 is 15.9 Å². The van der Waals surface area contributed by atoms with Gasteiger partial charge in [0, 0.05) is 18.0 Å². The lowest BCUT2D eigenvalue weighted by Gasteiger charge is -2.25. The molecule has 0 amide bonds. The second-order valence-corrected chi connectivity index (χ2v) is 5.28. The minimum atomic E-state index is 0.367. The fourth-order valence-electron chi connectivity index (χ4n) is 0.942. The molecule has 0 saturated carbocycles. The predicted octanol–water partition coefficient (Wildman–Crippen LogP) is 3.61. The number of ether oxygens (including phenoxy) is 1. The van der Waals surface area contributed by atoms with Crippen LogP contribution in [0, 0.1) is 5.41 Å². The van der Waals surface area contributed by atoms with Crippen molar-refractivity contribution < 1.29 is 4.74 Å². The molecule has 2 heteroatoms. The topological polar surface area (TPSA) is 9.23 Å². The zero-order valence-electron chi connectivity index (χ0n) is 8.69. The van der Waals surface area contributed by atoms with Crippen molar-refractivity contribution in [2.45, 2.75) is 45.4 Å².